The van der Waals surface area contributed by atoms with Crippen molar-refractivity contribution in [1.29, 1.82) is 0 Å². The van der Waals surface area contributed by atoms with Gasteiger partial charge in [-0.2, -0.15) is 0 Å². The van der Waals surface area contributed by atoms with Gasteiger partial charge < -0.3 is 10.3 Å². The van der Waals surface area contributed by atoms with E-state index in [0.717, 1.165) is 17.3 Å². The molecule has 1 aromatic carbocycles. The normalized spacial score (nSPS) is 10.7. The molecule has 0 spiro atoms. The van der Waals surface area contributed by atoms with E-state index in [1.165, 1.54) is 12.3 Å². The first-order valence-corrected chi connectivity index (χ1v) is 6.08. The maximum atomic E-state index is 13.3. The van der Waals surface area contributed by atoms with Crippen LogP contribution >= 0.6 is 0 Å². The van der Waals surface area contributed by atoms with E-state index in [1.54, 1.807) is 0 Å². The number of aromatic nitrogens is 2. The predicted octanol–water partition coefficient (Wildman–Crippen LogP) is 3.43. The van der Waals surface area contributed by atoms with Gasteiger partial charge in [-0.25, -0.2) is 4.39 Å². The zero-order valence-corrected chi connectivity index (χ0v) is 10.8. The summed E-state index contributed by atoms with van der Waals surface area (Å²) in [5.74, 6) is -0.228. The average molecular weight is 269 g/mol. The van der Waals surface area contributed by atoms with Gasteiger partial charge in [-0.05, 0) is 18.6 Å². The summed E-state index contributed by atoms with van der Waals surface area (Å²) in [4.78, 5) is 3.82. The highest BCUT2D eigenvalue weighted by Crippen LogP contribution is 2.36. The van der Waals surface area contributed by atoms with Crippen molar-refractivity contribution < 1.29 is 8.91 Å². The molecule has 0 saturated carbocycles. The van der Waals surface area contributed by atoms with Crippen molar-refractivity contribution in [2.75, 3.05) is 5.73 Å². The number of nitrogens with two attached hydrogens (primary N) is 1. The van der Waals surface area contributed by atoms with Gasteiger partial charge in [0, 0.05) is 11.8 Å². The summed E-state index contributed by atoms with van der Waals surface area (Å²) in [6.07, 6.45) is 2.67. The summed E-state index contributed by atoms with van der Waals surface area (Å²) in [7, 11) is 0. The van der Waals surface area contributed by atoms with Crippen LogP contribution in [0.15, 0.2) is 47.2 Å². The summed E-state index contributed by atoms with van der Waals surface area (Å²) >= 11 is 0. The van der Waals surface area contributed by atoms with Gasteiger partial charge in [-0.1, -0.05) is 35.0 Å². The van der Waals surface area contributed by atoms with Crippen molar-refractivity contribution in [3.8, 4) is 22.4 Å². The molecule has 0 aliphatic carbocycles. The molecule has 4 nitrogen and oxygen atoms in total. The van der Waals surface area contributed by atoms with Crippen LogP contribution in [0.4, 0.5) is 10.3 Å². The number of nitrogens with zero attached hydrogens (tertiary/aromatic N) is 2. The summed E-state index contributed by atoms with van der Waals surface area (Å²) in [6.45, 7) is 1.98. The van der Waals surface area contributed by atoms with Gasteiger partial charge in [-0.15, -0.1) is 0 Å². The maximum Gasteiger partial charge on any atom is 0.230 e. The molecule has 2 heterocycles. The Balaban J connectivity index is 2.20. The van der Waals surface area contributed by atoms with E-state index in [9.17, 15) is 4.39 Å². The first-order valence-electron chi connectivity index (χ1n) is 6.08. The largest absolute Gasteiger partial charge is 0.367 e. The van der Waals surface area contributed by atoms with Crippen molar-refractivity contribution in [2.45, 2.75) is 6.92 Å². The van der Waals surface area contributed by atoms with Gasteiger partial charge >= 0.3 is 0 Å². The monoisotopic (exact) mass is 269 g/mol. The molecule has 0 unspecified atom stereocenters. The first kappa shape index (κ1) is 12.3. The molecule has 0 aliphatic rings. The second-order valence-electron chi connectivity index (χ2n) is 4.53. The van der Waals surface area contributed by atoms with E-state index in [4.69, 9.17) is 10.3 Å². The minimum Gasteiger partial charge on any atom is -0.367 e. The molecule has 0 atom stereocenters. The van der Waals surface area contributed by atoms with Crippen LogP contribution in [-0.2, 0) is 0 Å². The van der Waals surface area contributed by atoms with E-state index in [1.807, 2.05) is 31.2 Å². The highest BCUT2D eigenvalue weighted by Gasteiger charge is 2.18. The molecule has 100 valence electrons. The minimum absolute atomic E-state index is 0.204. The van der Waals surface area contributed by atoms with Crippen LogP contribution in [0.2, 0.25) is 0 Å². The van der Waals surface area contributed by atoms with Gasteiger partial charge in [0.25, 0.3) is 0 Å². The smallest absolute Gasteiger partial charge is 0.230 e. The predicted molar refractivity (Wildman–Crippen MR) is 74.3 cm³/mol. The van der Waals surface area contributed by atoms with Crippen LogP contribution in [-0.4, -0.2) is 10.1 Å². The van der Waals surface area contributed by atoms with Crippen molar-refractivity contribution >= 4 is 5.88 Å². The topological polar surface area (TPSA) is 64.9 Å². The fraction of sp³-hybridized carbons (Fsp3) is 0.0667. The Hall–Kier alpha value is -2.69. The van der Waals surface area contributed by atoms with E-state index in [0.29, 0.717) is 16.8 Å². The second kappa shape index (κ2) is 4.77. The zero-order valence-electron chi connectivity index (χ0n) is 10.8. The summed E-state index contributed by atoms with van der Waals surface area (Å²) in [6, 6.07) is 9.14. The van der Waals surface area contributed by atoms with Gasteiger partial charge in [0.2, 0.25) is 5.88 Å². The number of nitrogen functional groups attached to an aromatic ring is 1. The Morgan fingerprint density at radius 3 is 2.75 bits per heavy atom. The van der Waals surface area contributed by atoms with Crippen molar-refractivity contribution in [3.05, 3.63) is 54.1 Å². The molecule has 0 fully saturated rings. The number of hydrogen-bond donors (Lipinski definition) is 1. The number of rotatable bonds is 2. The van der Waals surface area contributed by atoms with Crippen LogP contribution in [0.5, 0.6) is 0 Å². The number of halogens is 1. The molecule has 3 rings (SSSR count). The molecule has 0 saturated heterocycles. The van der Waals surface area contributed by atoms with Crippen molar-refractivity contribution in [1.82, 2.24) is 10.1 Å². The number of pyridine rings is 1. The molecule has 5 heteroatoms. The molecular weight excluding hydrogens is 257 g/mol. The zero-order chi connectivity index (χ0) is 14.1. The molecule has 0 aliphatic heterocycles. The number of aryl methyl sites for hydroxylation is 1. The highest BCUT2D eigenvalue weighted by molar-refractivity contribution is 5.86. The van der Waals surface area contributed by atoms with E-state index < -0.39 is 5.82 Å². The van der Waals surface area contributed by atoms with E-state index >= 15 is 0 Å². The Morgan fingerprint density at radius 1 is 1.15 bits per heavy atom. The standard InChI is InChI=1S/C15H12FN3O/c1-9-3-2-4-10(5-9)13-14(19-20-15(13)17)11-6-12(16)8-18-7-11/h2-8H,17H2,1H3. The number of hydrogen-bond acceptors (Lipinski definition) is 4. The Morgan fingerprint density at radius 2 is 2.00 bits per heavy atom. The van der Waals surface area contributed by atoms with Crippen LogP contribution in [0.25, 0.3) is 22.4 Å². The second-order valence-corrected chi connectivity index (χ2v) is 4.53. The lowest BCUT2D eigenvalue weighted by molar-refractivity contribution is 0.439. The van der Waals surface area contributed by atoms with Gasteiger partial charge in [-0.3, -0.25) is 4.98 Å². The van der Waals surface area contributed by atoms with E-state index in [-0.39, 0.29) is 5.88 Å². The fourth-order valence-electron chi connectivity index (χ4n) is 2.12. The van der Waals surface area contributed by atoms with Gasteiger partial charge in [0.1, 0.15) is 11.5 Å². The van der Waals surface area contributed by atoms with Crippen LogP contribution in [0.1, 0.15) is 5.56 Å². The first-order chi connectivity index (χ1) is 9.65. The molecule has 0 amide bonds. The average Bonchev–Trinajstić information content (AvgIpc) is 2.80. The van der Waals surface area contributed by atoms with Crippen molar-refractivity contribution in [2.24, 2.45) is 0 Å². The van der Waals surface area contributed by atoms with E-state index in [2.05, 4.69) is 10.1 Å². The minimum atomic E-state index is -0.431. The summed E-state index contributed by atoms with van der Waals surface area (Å²) in [5, 5.41) is 3.93. The molecule has 3 aromatic rings. The lowest BCUT2D eigenvalue weighted by atomic mass is 10.0. The lowest BCUT2D eigenvalue weighted by Crippen LogP contribution is -1.89. The summed E-state index contributed by atoms with van der Waals surface area (Å²) in [5.41, 5.74) is 9.49. The molecule has 2 aromatic heterocycles. The Labute approximate surface area is 115 Å². The molecule has 0 radical (unpaired) electrons. The van der Waals surface area contributed by atoms with Crippen molar-refractivity contribution in [3.63, 3.8) is 0 Å². The Bertz CT molecular complexity index is 767. The maximum absolute atomic E-state index is 13.3. The summed E-state index contributed by atoms with van der Waals surface area (Å²) < 4.78 is 18.4. The SMILES string of the molecule is Cc1cccc(-c2c(-c3cncc(F)c3)noc2N)c1. The molecule has 2 N–H and O–H groups in total. The molecule has 20 heavy (non-hydrogen) atoms. The molecule has 0 bridgehead atoms. The fourth-order valence-corrected chi connectivity index (χ4v) is 2.12. The third-order valence-corrected chi connectivity index (χ3v) is 3.00. The third kappa shape index (κ3) is 2.14. The van der Waals surface area contributed by atoms with Gasteiger partial charge in [0.15, 0.2) is 0 Å². The quantitative estimate of drug-likeness (QED) is 0.774. The van der Waals surface area contributed by atoms with Crippen LogP contribution in [0.3, 0.4) is 0 Å². The van der Waals surface area contributed by atoms with Crippen LogP contribution in [0, 0.1) is 12.7 Å². The number of anilines is 1. The van der Waals surface area contributed by atoms with Crippen LogP contribution < -0.4 is 5.73 Å². The lowest BCUT2D eigenvalue weighted by Gasteiger charge is -2.03. The van der Waals surface area contributed by atoms with Gasteiger partial charge in [0.05, 0.1) is 11.8 Å². The Kier molecular flexibility index (Phi) is 2.95. The third-order valence-electron chi connectivity index (χ3n) is 3.00. The molecular formula is C15H12FN3O. The number of benzene rings is 1. The highest BCUT2D eigenvalue weighted by atomic mass is 19.1.